The van der Waals surface area contributed by atoms with Crippen LogP contribution in [0.3, 0.4) is 0 Å². The first-order chi connectivity index (χ1) is 16.4. The molecule has 4 nitrogen and oxygen atoms in total. The molecule has 2 aromatic carbocycles. The number of benzene rings is 2. The average molecular weight is 504 g/mol. The molecule has 2 unspecified atom stereocenters. The maximum Gasteiger partial charge on any atom is 0.416 e. The summed E-state index contributed by atoms with van der Waals surface area (Å²) in [4.78, 5) is 16.6. The highest BCUT2D eigenvalue weighted by Gasteiger charge is 2.40. The number of carbonyl (C=O) groups is 1. The lowest BCUT2D eigenvalue weighted by atomic mass is 9.84. The zero-order valence-corrected chi connectivity index (χ0v) is 18.5. The van der Waals surface area contributed by atoms with E-state index in [4.69, 9.17) is 4.74 Å². The second-order valence-electron chi connectivity index (χ2n) is 8.71. The van der Waals surface area contributed by atoms with Gasteiger partial charge in [0.1, 0.15) is 5.82 Å². The van der Waals surface area contributed by atoms with Crippen LogP contribution in [0.25, 0.3) is 0 Å². The number of amides is 1. The molecule has 2 aromatic rings. The van der Waals surface area contributed by atoms with E-state index in [0.717, 1.165) is 5.56 Å². The Labute approximate surface area is 197 Å². The Morgan fingerprint density at radius 2 is 1.43 bits per heavy atom. The lowest BCUT2D eigenvalue weighted by Gasteiger charge is -2.45. The molecule has 0 aromatic heterocycles. The summed E-state index contributed by atoms with van der Waals surface area (Å²) >= 11 is 0. The molecule has 1 amide bonds. The number of carbonyl (C=O) groups excluding carboxylic acids is 1. The van der Waals surface area contributed by atoms with Gasteiger partial charge in [0.05, 0.1) is 24.3 Å². The fraction of sp³-hybridized carbons (Fsp3) is 0.458. The van der Waals surface area contributed by atoms with Crippen LogP contribution in [0.1, 0.15) is 39.4 Å². The van der Waals surface area contributed by atoms with Gasteiger partial charge >= 0.3 is 12.4 Å². The third-order valence-electron chi connectivity index (χ3n) is 6.51. The minimum Gasteiger partial charge on any atom is -0.379 e. The molecule has 0 bridgehead atoms. The van der Waals surface area contributed by atoms with E-state index in [0.29, 0.717) is 44.9 Å². The molecule has 2 saturated heterocycles. The van der Waals surface area contributed by atoms with Crippen molar-refractivity contribution >= 4 is 5.91 Å². The van der Waals surface area contributed by atoms with Crippen molar-refractivity contribution in [2.45, 2.75) is 30.7 Å². The lowest BCUT2D eigenvalue weighted by molar-refractivity contribution is -0.143. The number of alkyl halides is 6. The lowest BCUT2D eigenvalue weighted by Crippen LogP contribution is -2.54. The molecular weight excluding hydrogens is 481 g/mol. The van der Waals surface area contributed by atoms with Gasteiger partial charge in [-0.1, -0.05) is 12.1 Å². The van der Waals surface area contributed by atoms with Crippen LogP contribution < -0.4 is 0 Å². The molecule has 190 valence electrons. The maximum atomic E-state index is 13.5. The predicted molar refractivity (Wildman–Crippen MR) is 112 cm³/mol. The fourth-order valence-electron chi connectivity index (χ4n) is 4.77. The van der Waals surface area contributed by atoms with E-state index in [1.165, 1.54) is 17.0 Å². The Bertz CT molecular complexity index is 1020. The minimum atomic E-state index is -5.05. The first kappa shape index (κ1) is 25.4. The van der Waals surface area contributed by atoms with Crippen LogP contribution in [0.4, 0.5) is 30.7 Å². The van der Waals surface area contributed by atoms with Crippen molar-refractivity contribution in [1.29, 1.82) is 0 Å². The smallest absolute Gasteiger partial charge is 0.379 e. The van der Waals surface area contributed by atoms with Crippen LogP contribution in [-0.2, 0) is 17.1 Å². The van der Waals surface area contributed by atoms with E-state index < -0.39 is 40.8 Å². The van der Waals surface area contributed by atoms with Crippen LogP contribution in [0.15, 0.2) is 42.5 Å². The number of piperidine rings is 1. The van der Waals surface area contributed by atoms with Gasteiger partial charge in [0.2, 0.25) is 0 Å². The monoisotopic (exact) mass is 504 g/mol. The summed E-state index contributed by atoms with van der Waals surface area (Å²) in [7, 11) is 0. The molecule has 0 aliphatic carbocycles. The van der Waals surface area contributed by atoms with Crippen LogP contribution in [-0.4, -0.2) is 61.1 Å². The third kappa shape index (κ3) is 5.78. The summed E-state index contributed by atoms with van der Waals surface area (Å²) in [5, 5.41) is 0. The summed E-state index contributed by atoms with van der Waals surface area (Å²) in [5.41, 5.74) is -3.00. The molecule has 2 fully saturated rings. The zero-order valence-electron chi connectivity index (χ0n) is 18.5. The van der Waals surface area contributed by atoms with Crippen LogP contribution in [0.2, 0.25) is 0 Å². The number of morpholine rings is 1. The van der Waals surface area contributed by atoms with Crippen LogP contribution >= 0.6 is 0 Å². The Morgan fingerprint density at radius 1 is 0.857 bits per heavy atom. The summed E-state index contributed by atoms with van der Waals surface area (Å²) < 4.78 is 98.6. The van der Waals surface area contributed by atoms with Gasteiger partial charge in [-0.3, -0.25) is 9.69 Å². The summed E-state index contributed by atoms with van der Waals surface area (Å²) in [6.07, 6.45) is -9.63. The zero-order chi connectivity index (χ0) is 25.4. The van der Waals surface area contributed by atoms with Crippen LogP contribution in [0, 0.1) is 5.82 Å². The molecular formula is C24H23F7N2O2. The standard InChI is InChI=1S/C24H23F7N2O2/c25-19-3-1-15(2-4-19)20-14-33(6-5-21(20)32-7-9-35-10-8-32)22(34)16-11-17(23(26,27)28)13-18(12-16)24(29,30)31/h1-4,11-13,20-21H,5-10,14H2. The average Bonchev–Trinajstić information content (AvgIpc) is 2.83. The largest absolute Gasteiger partial charge is 0.416 e. The number of hydrogen-bond donors (Lipinski definition) is 0. The van der Waals surface area contributed by atoms with Crippen LogP contribution in [0.5, 0.6) is 0 Å². The van der Waals surface area contributed by atoms with Gasteiger partial charge < -0.3 is 9.64 Å². The number of likely N-dealkylation sites (tertiary alicyclic amines) is 1. The van der Waals surface area contributed by atoms with Crippen molar-refractivity contribution in [2.75, 3.05) is 39.4 Å². The molecule has 0 N–H and O–H groups in total. The fourth-order valence-corrected chi connectivity index (χ4v) is 4.77. The van der Waals surface area contributed by atoms with Gasteiger partial charge in [-0.2, -0.15) is 26.3 Å². The van der Waals surface area contributed by atoms with Gasteiger partial charge in [-0.05, 0) is 42.3 Å². The van der Waals surface area contributed by atoms with Crippen molar-refractivity contribution in [3.8, 4) is 0 Å². The van der Waals surface area contributed by atoms with Crippen molar-refractivity contribution in [1.82, 2.24) is 9.80 Å². The Kier molecular flexibility index (Phi) is 7.10. The molecule has 0 radical (unpaired) electrons. The second-order valence-corrected chi connectivity index (χ2v) is 8.71. The summed E-state index contributed by atoms with van der Waals surface area (Å²) in [5.74, 6) is -1.66. The number of ether oxygens (including phenoxy) is 1. The van der Waals surface area contributed by atoms with Gasteiger partial charge in [-0.25, -0.2) is 4.39 Å². The van der Waals surface area contributed by atoms with Crippen molar-refractivity contribution < 1.29 is 40.3 Å². The van der Waals surface area contributed by atoms with Crippen molar-refractivity contribution in [3.63, 3.8) is 0 Å². The second kappa shape index (κ2) is 9.77. The van der Waals surface area contributed by atoms with E-state index in [-0.39, 0.29) is 31.1 Å². The molecule has 4 rings (SSSR count). The molecule has 2 aliphatic rings. The molecule has 11 heteroatoms. The number of nitrogens with zero attached hydrogens (tertiary/aromatic N) is 2. The molecule has 2 heterocycles. The maximum absolute atomic E-state index is 13.5. The SMILES string of the molecule is O=C(c1cc(C(F)(F)F)cc(C(F)(F)F)c1)N1CCC(N2CCOCC2)C(c2ccc(F)cc2)C1. The van der Waals surface area contributed by atoms with Gasteiger partial charge in [0.25, 0.3) is 5.91 Å². The number of hydrogen-bond acceptors (Lipinski definition) is 3. The molecule has 0 spiro atoms. The van der Waals surface area contributed by atoms with E-state index >= 15 is 0 Å². The highest BCUT2D eigenvalue weighted by atomic mass is 19.4. The highest BCUT2D eigenvalue weighted by molar-refractivity contribution is 5.95. The topological polar surface area (TPSA) is 32.8 Å². The third-order valence-corrected chi connectivity index (χ3v) is 6.51. The molecule has 0 saturated carbocycles. The summed E-state index contributed by atoms with van der Waals surface area (Å²) in [6, 6.07) is 6.63. The van der Waals surface area contributed by atoms with E-state index in [2.05, 4.69) is 4.90 Å². The summed E-state index contributed by atoms with van der Waals surface area (Å²) in [6.45, 7) is 2.59. The number of rotatable bonds is 3. The minimum absolute atomic E-state index is 0.00274. The normalized spacial score (nSPS) is 22.3. The highest BCUT2D eigenvalue weighted by Crippen LogP contribution is 2.37. The Morgan fingerprint density at radius 3 is 1.97 bits per heavy atom. The van der Waals surface area contributed by atoms with Crippen molar-refractivity contribution in [3.05, 3.63) is 70.5 Å². The van der Waals surface area contributed by atoms with E-state index in [1.807, 2.05) is 0 Å². The molecule has 35 heavy (non-hydrogen) atoms. The molecule has 2 atom stereocenters. The Hall–Kier alpha value is -2.66. The van der Waals surface area contributed by atoms with Gasteiger partial charge in [-0.15, -0.1) is 0 Å². The quantitative estimate of drug-likeness (QED) is 0.540. The van der Waals surface area contributed by atoms with E-state index in [1.54, 1.807) is 12.1 Å². The predicted octanol–water partition coefficient (Wildman–Crippen LogP) is 5.19. The van der Waals surface area contributed by atoms with Gasteiger partial charge in [0.15, 0.2) is 0 Å². The first-order valence-electron chi connectivity index (χ1n) is 11.1. The molecule has 2 aliphatic heterocycles. The van der Waals surface area contributed by atoms with Crippen molar-refractivity contribution in [2.24, 2.45) is 0 Å². The Balaban J connectivity index is 1.65. The van der Waals surface area contributed by atoms with Gasteiger partial charge in [0, 0.05) is 43.7 Å². The van der Waals surface area contributed by atoms with E-state index in [9.17, 15) is 35.5 Å². The first-order valence-corrected chi connectivity index (χ1v) is 11.1. The number of halogens is 7.